The van der Waals surface area contributed by atoms with Crippen LogP contribution in [0.1, 0.15) is 0 Å². The van der Waals surface area contributed by atoms with Crippen molar-refractivity contribution in [3.05, 3.63) is 0 Å². The van der Waals surface area contributed by atoms with Gasteiger partial charge in [-0.1, -0.05) is 0 Å². The van der Waals surface area contributed by atoms with Crippen molar-refractivity contribution in [3.8, 4) is 0 Å². The van der Waals surface area contributed by atoms with Gasteiger partial charge >= 0.3 is 0 Å². The van der Waals surface area contributed by atoms with Crippen LogP contribution < -0.4 is 0 Å². The van der Waals surface area contributed by atoms with Crippen molar-refractivity contribution in [1.29, 1.82) is 0 Å². The Morgan fingerprint density at radius 1 is 1.00 bits per heavy atom. The molecule has 4 heavy (non-hydrogen) atoms. The monoisotopic (exact) mass is 412 g/mol. The van der Waals surface area contributed by atoms with Crippen LogP contribution in [-0.2, 0) is 42.8 Å². The fourth-order valence-electron chi connectivity index (χ4n) is 0. The quantitative estimate of drug-likeness (QED) is 0.477. The molecule has 0 aromatic heterocycles. The van der Waals surface area contributed by atoms with Gasteiger partial charge in [0, 0.05) is 122 Å². The third-order valence-corrected chi connectivity index (χ3v) is 0. The molecular weight excluding hydrogens is 412 g/mol. The van der Waals surface area contributed by atoms with Gasteiger partial charge in [0.2, 0.25) is 0 Å². The minimum absolute atomic E-state index is 0. The first-order chi connectivity index (χ1) is 0. The zero-order valence-corrected chi connectivity index (χ0v) is 12.0. The predicted molar refractivity (Wildman–Crippen MR) is 5.75 cm³/mol. The van der Waals surface area contributed by atoms with Gasteiger partial charge in [-0.15, -0.1) is 0 Å². The fourth-order valence-corrected chi connectivity index (χ4v) is 0. The summed E-state index contributed by atoms with van der Waals surface area (Å²) >= 11 is 0. The summed E-state index contributed by atoms with van der Waals surface area (Å²) in [6, 6.07) is 0. The van der Waals surface area contributed by atoms with Gasteiger partial charge in [-0.3, -0.25) is 0 Å². The molecule has 0 fully saturated rings. The largest absolute Gasteiger partial charge is 0 e. The van der Waals surface area contributed by atoms with Gasteiger partial charge in [0.15, 0.2) is 0 Å². The summed E-state index contributed by atoms with van der Waals surface area (Å²) < 4.78 is 0. The summed E-state index contributed by atoms with van der Waals surface area (Å²) in [6.45, 7) is 0. The Morgan fingerprint density at radius 2 is 1.00 bits per heavy atom. The minimum atomic E-state index is 0. The van der Waals surface area contributed by atoms with Crippen molar-refractivity contribution >= 4 is 37.7 Å². The van der Waals surface area contributed by atoms with E-state index in [-0.39, 0.29) is 122 Å². The molecule has 0 unspecified atom stereocenters. The molecule has 0 aromatic carbocycles. The maximum Gasteiger partial charge on any atom is 0 e. The SMILES string of the molecule is [Ca].[Ce].[Ti].[W]. The molecule has 0 atom stereocenters. The Morgan fingerprint density at radius 3 is 1.00 bits per heavy atom. The summed E-state index contributed by atoms with van der Waals surface area (Å²) in [4.78, 5) is 0. The first kappa shape index (κ1) is 24.4. The molecule has 0 aliphatic heterocycles. The van der Waals surface area contributed by atoms with Crippen LogP contribution >= 0.6 is 0 Å². The molecule has 0 heterocycles. The van der Waals surface area contributed by atoms with Crippen LogP contribution in [0, 0.1) is 41.7 Å². The van der Waals surface area contributed by atoms with Gasteiger partial charge in [-0.25, -0.2) is 0 Å². The molecule has 0 bridgehead atoms. The second-order valence-electron chi connectivity index (χ2n) is 0. The maximum absolute atomic E-state index is 0. The molecule has 0 saturated heterocycles. The summed E-state index contributed by atoms with van der Waals surface area (Å²) in [7, 11) is 0. The number of hydrogen-bond acceptors (Lipinski definition) is 0. The van der Waals surface area contributed by atoms with E-state index in [1.807, 2.05) is 0 Å². The first-order valence-corrected chi connectivity index (χ1v) is 0. The van der Waals surface area contributed by atoms with Crippen molar-refractivity contribution in [1.82, 2.24) is 0 Å². The molecular formula is CaCeTiW. The van der Waals surface area contributed by atoms with Crippen LogP contribution in [0.5, 0.6) is 0 Å². The maximum atomic E-state index is 0. The third-order valence-electron chi connectivity index (χ3n) is 0. The second kappa shape index (κ2) is 15.7. The van der Waals surface area contributed by atoms with E-state index >= 15 is 0 Å². The predicted octanol–water partition coefficient (Wildman–Crippen LogP) is -0.386. The van der Waals surface area contributed by atoms with Crippen LogP contribution in [0.2, 0.25) is 0 Å². The van der Waals surface area contributed by atoms with E-state index in [4.69, 9.17) is 0 Å². The van der Waals surface area contributed by atoms with Gasteiger partial charge in [0.25, 0.3) is 0 Å². The van der Waals surface area contributed by atoms with Crippen LogP contribution in [0.3, 0.4) is 0 Å². The zero-order valence-electron chi connectivity index (χ0n) is 2.12. The fraction of sp³-hybridized carbons (Fsp3) is 0. The van der Waals surface area contributed by atoms with E-state index in [1.165, 1.54) is 0 Å². The normalized spacial score (nSPS) is 0. The summed E-state index contributed by atoms with van der Waals surface area (Å²) in [6.07, 6.45) is 0. The summed E-state index contributed by atoms with van der Waals surface area (Å²) in [5.41, 5.74) is 0. The Kier molecular flexibility index (Phi) is 96.1. The molecule has 0 aliphatic carbocycles. The van der Waals surface area contributed by atoms with E-state index in [9.17, 15) is 0 Å². The third kappa shape index (κ3) is 9.40. The van der Waals surface area contributed by atoms with E-state index in [0.717, 1.165) is 0 Å². The Balaban J connectivity index is 0. The molecule has 0 saturated carbocycles. The average Bonchev–Trinajstić information content (AvgIpc) is 0. The van der Waals surface area contributed by atoms with Gasteiger partial charge < -0.3 is 0 Å². The van der Waals surface area contributed by atoms with E-state index in [1.54, 1.807) is 0 Å². The molecule has 0 nitrogen and oxygen atoms in total. The van der Waals surface area contributed by atoms with Crippen molar-refractivity contribution in [3.63, 3.8) is 0 Å². The molecule has 2 radical (unpaired) electrons. The summed E-state index contributed by atoms with van der Waals surface area (Å²) in [5.74, 6) is 0. The van der Waals surface area contributed by atoms with Gasteiger partial charge in [-0.2, -0.15) is 0 Å². The van der Waals surface area contributed by atoms with E-state index in [0.29, 0.717) is 0 Å². The van der Waals surface area contributed by atoms with Crippen molar-refractivity contribution in [2.45, 2.75) is 0 Å². The molecule has 0 N–H and O–H groups in total. The van der Waals surface area contributed by atoms with Crippen LogP contribution in [0.25, 0.3) is 0 Å². The average molecular weight is 412 g/mol. The topological polar surface area (TPSA) is 0 Å². The van der Waals surface area contributed by atoms with E-state index in [2.05, 4.69) is 0 Å². The van der Waals surface area contributed by atoms with Crippen molar-refractivity contribution in [2.75, 3.05) is 0 Å². The molecule has 0 spiro atoms. The minimum Gasteiger partial charge on any atom is 0 e. The van der Waals surface area contributed by atoms with Crippen molar-refractivity contribution < 1.29 is 84.5 Å². The molecule has 0 aromatic rings. The smallest absolute Gasteiger partial charge is 0 e. The van der Waals surface area contributed by atoms with Crippen LogP contribution in [0.4, 0.5) is 0 Å². The number of hydrogen-bond donors (Lipinski definition) is 0. The Bertz CT molecular complexity index is 8.00. The molecule has 16 valence electrons. The second-order valence-corrected chi connectivity index (χ2v) is 0. The van der Waals surface area contributed by atoms with Crippen LogP contribution in [0.15, 0.2) is 0 Å². The van der Waals surface area contributed by atoms with Crippen molar-refractivity contribution in [2.24, 2.45) is 0 Å². The Labute approximate surface area is 119 Å². The Hall–Kier alpha value is 4.04. The van der Waals surface area contributed by atoms with Crippen LogP contribution in [-0.4, -0.2) is 37.7 Å². The number of rotatable bonds is 0. The molecule has 0 amide bonds. The zero-order chi connectivity index (χ0) is 0. The molecule has 0 rings (SSSR count). The standard InChI is InChI=1S/Ca.Ce.Ti.W. The van der Waals surface area contributed by atoms with Gasteiger partial charge in [-0.05, 0) is 0 Å². The van der Waals surface area contributed by atoms with Gasteiger partial charge in [0.1, 0.15) is 0 Å². The van der Waals surface area contributed by atoms with E-state index < -0.39 is 0 Å². The van der Waals surface area contributed by atoms with Gasteiger partial charge in [0.05, 0.1) is 0 Å². The summed E-state index contributed by atoms with van der Waals surface area (Å²) in [5, 5.41) is 0. The molecule has 4 heteroatoms. The first-order valence-electron chi connectivity index (χ1n) is 0. The molecule has 0 aliphatic rings.